The number of hydrogen-bond acceptors (Lipinski definition) is 5. The van der Waals surface area contributed by atoms with Crippen molar-refractivity contribution in [3.05, 3.63) is 71.8 Å². The molecule has 1 saturated heterocycles. The van der Waals surface area contributed by atoms with Crippen molar-refractivity contribution in [1.82, 2.24) is 0 Å². The van der Waals surface area contributed by atoms with E-state index in [9.17, 15) is 5.11 Å². The van der Waals surface area contributed by atoms with Gasteiger partial charge in [-0.05, 0) is 53.9 Å². The minimum absolute atomic E-state index is 0.0387. The molecule has 2 bridgehead atoms. The Balaban J connectivity index is 1.47. The molecule has 0 aromatic heterocycles. The van der Waals surface area contributed by atoms with Crippen molar-refractivity contribution in [2.24, 2.45) is 23.7 Å². The lowest BCUT2D eigenvalue weighted by Gasteiger charge is -2.52. The fraction of sp³-hybridized carbons (Fsp3) is 0.636. The second kappa shape index (κ2) is 11.0. The standard InChI is InChI=1S/C33H48O5Si/c1-22-29(35-20-24-14-10-8-11-15-24)28-26(23(2)34)18-33(38-39(6,7)32(3,4)5)19-27(28)31(37-33)30(22)36-21-25-16-12-9-13-17-25/h8-17,22-23,26-31,34H,18-21H2,1-7H3/t22-,23?,26-,27?,28+,29?,30+,31-,33-/m0/s1. The van der Waals surface area contributed by atoms with Crippen molar-refractivity contribution in [2.45, 2.75) is 109 Å². The first-order valence-corrected chi connectivity index (χ1v) is 17.7. The van der Waals surface area contributed by atoms with Gasteiger partial charge >= 0.3 is 0 Å². The van der Waals surface area contributed by atoms with Gasteiger partial charge in [0.2, 0.25) is 0 Å². The zero-order valence-electron chi connectivity index (χ0n) is 24.8. The summed E-state index contributed by atoms with van der Waals surface area (Å²) in [6.07, 6.45) is 0.807. The fourth-order valence-electron chi connectivity index (χ4n) is 7.05. The highest BCUT2D eigenvalue weighted by Gasteiger charge is 2.67. The van der Waals surface area contributed by atoms with E-state index in [1.807, 2.05) is 19.1 Å². The molecule has 2 aromatic carbocycles. The van der Waals surface area contributed by atoms with Gasteiger partial charge in [-0.25, -0.2) is 0 Å². The van der Waals surface area contributed by atoms with Crippen LogP contribution in [0, 0.1) is 23.7 Å². The molecule has 1 aliphatic heterocycles. The summed E-state index contributed by atoms with van der Waals surface area (Å²) in [4.78, 5) is 0. The summed E-state index contributed by atoms with van der Waals surface area (Å²) in [6, 6.07) is 20.7. The molecule has 0 amide bonds. The van der Waals surface area contributed by atoms with Crippen LogP contribution >= 0.6 is 0 Å². The van der Waals surface area contributed by atoms with Crippen LogP contribution in [-0.4, -0.2) is 43.6 Å². The highest BCUT2D eigenvalue weighted by Crippen LogP contribution is 2.60. The third-order valence-electron chi connectivity index (χ3n) is 10.0. The molecule has 39 heavy (non-hydrogen) atoms. The number of ether oxygens (including phenoxy) is 3. The Morgan fingerprint density at radius 3 is 1.97 bits per heavy atom. The number of aliphatic hydroxyl groups is 1. The van der Waals surface area contributed by atoms with E-state index in [-0.39, 0.29) is 47.0 Å². The van der Waals surface area contributed by atoms with Gasteiger partial charge in [0, 0.05) is 18.8 Å². The largest absolute Gasteiger partial charge is 0.393 e. The average Bonchev–Trinajstić information content (AvgIpc) is 3.19. The van der Waals surface area contributed by atoms with Crippen LogP contribution in [0.5, 0.6) is 0 Å². The fourth-order valence-corrected chi connectivity index (χ4v) is 8.50. The highest BCUT2D eigenvalue weighted by molar-refractivity contribution is 6.74. The zero-order chi connectivity index (χ0) is 28.0. The van der Waals surface area contributed by atoms with Crippen LogP contribution in [0.15, 0.2) is 60.7 Å². The Morgan fingerprint density at radius 2 is 1.46 bits per heavy atom. The van der Waals surface area contributed by atoms with Crippen LogP contribution in [0.25, 0.3) is 0 Å². The molecule has 1 N–H and O–H groups in total. The molecule has 2 aliphatic carbocycles. The maximum Gasteiger partial charge on any atom is 0.195 e. The first kappa shape index (κ1) is 29.0. The maximum atomic E-state index is 11.1. The Bertz CT molecular complexity index is 1080. The van der Waals surface area contributed by atoms with Crippen LogP contribution in [0.4, 0.5) is 0 Å². The van der Waals surface area contributed by atoms with E-state index in [4.69, 9.17) is 18.6 Å². The monoisotopic (exact) mass is 552 g/mol. The van der Waals surface area contributed by atoms with Gasteiger partial charge in [0.05, 0.1) is 37.6 Å². The maximum absolute atomic E-state index is 11.1. The third kappa shape index (κ3) is 5.79. The average molecular weight is 553 g/mol. The minimum atomic E-state index is -2.13. The number of rotatable bonds is 9. The van der Waals surface area contributed by atoms with Crippen molar-refractivity contribution in [1.29, 1.82) is 0 Å². The van der Waals surface area contributed by atoms with Gasteiger partial charge in [-0.2, -0.15) is 0 Å². The minimum Gasteiger partial charge on any atom is -0.393 e. The molecule has 3 fully saturated rings. The first-order chi connectivity index (χ1) is 18.4. The third-order valence-corrected chi connectivity index (χ3v) is 14.5. The van der Waals surface area contributed by atoms with Gasteiger partial charge in [0.15, 0.2) is 14.1 Å². The summed E-state index contributed by atoms with van der Waals surface area (Å²) >= 11 is 0. The zero-order valence-corrected chi connectivity index (χ0v) is 25.8. The van der Waals surface area contributed by atoms with Crippen LogP contribution in [-0.2, 0) is 31.9 Å². The summed E-state index contributed by atoms with van der Waals surface area (Å²) in [7, 11) is -2.13. The van der Waals surface area contributed by atoms with Gasteiger partial charge in [-0.3, -0.25) is 0 Å². The van der Waals surface area contributed by atoms with Gasteiger partial charge in [0.1, 0.15) is 0 Å². The van der Waals surface area contributed by atoms with Crippen molar-refractivity contribution in [3.8, 4) is 0 Å². The molecular weight excluding hydrogens is 504 g/mol. The molecular formula is C33H48O5Si. The quantitative estimate of drug-likeness (QED) is 0.341. The molecule has 0 spiro atoms. The summed E-state index contributed by atoms with van der Waals surface area (Å²) in [6.45, 7) is 16.7. The van der Waals surface area contributed by atoms with Crippen LogP contribution in [0.3, 0.4) is 0 Å². The molecule has 0 radical (unpaired) electrons. The van der Waals surface area contributed by atoms with E-state index >= 15 is 0 Å². The van der Waals surface area contributed by atoms with E-state index in [0.29, 0.717) is 19.6 Å². The van der Waals surface area contributed by atoms with Gasteiger partial charge in [-0.1, -0.05) is 88.4 Å². The van der Waals surface area contributed by atoms with E-state index in [1.165, 1.54) is 0 Å². The van der Waals surface area contributed by atoms with Crippen molar-refractivity contribution in [2.75, 3.05) is 0 Å². The van der Waals surface area contributed by atoms with Crippen molar-refractivity contribution >= 4 is 8.32 Å². The molecule has 214 valence electrons. The van der Waals surface area contributed by atoms with Gasteiger partial charge < -0.3 is 23.7 Å². The number of benzene rings is 2. The van der Waals surface area contributed by atoms with Crippen LogP contribution in [0.1, 0.15) is 58.6 Å². The first-order valence-electron chi connectivity index (χ1n) is 14.8. The summed E-state index contributed by atoms with van der Waals surface area (Å²) < 4.78 is 27.7. The normalized spacial score (nSPS) is 35.1. The summed E-state index contributed by atoms with van der Waals surface area (Å²) in [5, 5.41) is 11.2. The smallest absolute Gasteiger partial charge is 0.195 e. The molecule has 5 nitrogen and oxygen atoms in total. The van der Waals surface area contributed by atoms with Crippen LogP contribution < -0.4 is 0 Å². The topological polar surface area (TPSA) is 57.2 Å². The molecule has 3 aliphatic rings. The number of aliphatic hydroxyl groups excluding tert-OH is 1. The Labute approximate surface area is 236 Å². The SMILES string of the molecule is CC(O)[C@@H]1C[C@]2(O[Si](C)(C)C(C)(C)C)CC3[C@@H]1C(OCc1ccccc1)[C@H](C)[C@@H](OCc1ccccc1)[C@H]3O2. The number of hydrogen-bond donors (Lipinski definition) is 1. The van der Waals surface area contributed by atoms with Crippen molar-refractivity contribution < 1.29 is 23.7 Å². The Kier molecular flexibility index (Phi) is 8.19. The predicted molar refractivity (Wildman–Crippen MR) is 156 cm³/mol. The lowest BCUT2D eigenvalue weighted by Crippen LogP contribution is -2.58. The number of fused-ring (bicyclic) bond motifs is 1. The molecule has 5 rings (SSSR count). The van der Waals surface area contributed by atoms with E-state index in [2.05, 4.69) is 89.3 Å². The lowest BCUT2D eigenvalue weighted by atomic mass is 9.59. The highest BCUT2D eigenvalue weighted by atomic mass is 28.4. The molecule has 2 aromatic rings. The molecule has 3 unspecified atom stereocenters. The van der Waals surface area contributed by atoms with E-state index in [1.54, 1.807) is 0 Å². The Hall–Kier alpha value is -1.54. The summed E-state index contributed by atoms with van der Waals surface area (Å²) in [5.74, 6) is -0.146. The van der Waals surface area contributed by atoms with Gasteiger partial charge in [-0.15, -0.1) is 0 Å². The molecule has 2 saturated carbocycles. The summed E-state index contributed by atoms with van der Waals surface area (Å²) in [5.41, 5.74) is 2.32. The molecule has 9 atom stereocenters. The van der Waals surface area contributed by atoms with E-state index < -0.39 is 20.2 Å². The Morgan fingerprint density at radius 1 is 0.923 bits per heavy atom. The molecule has 1 heterocycles. The molecule has 6 heteroatoms. The second-order valence-corrected chi connectivity index (χ2v) is 18.5. The van der Waals surface area contributed by atoms with Gasteiger partial charge in [0.25, 0.3) is 0 Å². The van der Waals surface area contributed by atoms with Crippen molar-refractivity contribution in [3.63, 3.8) is 0 Å². The van der Waals surface area contributed by atoms with Crippen LogP contribution in [0.2, 0.25) is 18.1 Å². The van der Waals surface area contributed by atoms with E-state index in [0.717, 1.165) is 17.5 Å². The predicted octanol–water partition coefficient (Wildman–Crippen LogP) is 6.95. The second-order valence-electron chi connectivity index (χ2n) is 13.8. The lowest BCUT2D eigenvalue weighted by molar-refractivity contribution is -0.219.